The van der Waals surface area contributed by atoms with Crippen molar-refractivity contribution in [3.8, 4) is 0 Å². The summed E-state index contributed by atoms with van der Waals surface area (Å²) in [5.74, 6) is -1.88. The van der Waals surface area contributed by atoms with E-state index in [9.17, 15) is 22.0 Å². The van der Waals surface area contributed by atoms with Crippen molar-refractivity contribution in [2.45, 2.75) is 12.7 Å². The van der Waals surface area contributed by atoms with Gasteiger partial charge in [-0.1, -0.05) is 6.07 Å². The molecule has 112 valence electrons. The summed E-state index contributed by atoms with van der Waals surface area (Å²) in [4.78, 5) is 5.27. The van der Waals surface area contributed by atoms with Gasteiger partial charge in [0.1, 0.15) is 5.82 Å². The van der Waals surface area contributed by atoms with Crippen LogP contribution in [0.3, 0.4) is 0 Å². The molecule has 0 fully saturated rings. The zero-order valence-corrected chi connectivity index (χ0v) is 11.0. The number of nitrogens with zero attached hydrogens (tertiary/aromatic N) is 2. The van der Waals surface area contributed by atoms with Gasteiger partial charge >= 0.3 is 6.18 Å². The Morgan fingerprint density at radius 1 is 1.05 bits per heavy atom. The van der Waals surface area contributed by atoms with Crippen LogP contribution in [0.15, 0.2) is 36.5 Å². The van der Waals surface area contributed by atoms with Crippen molar-refractivity contribution in [3.05, 3.63) is 59.3 Å². The smallest absolute Gasteiger partial charge is 0.355 e. The van der Waals surface area contributed by atoms with E-state index in [0.29, 0.717) is 5.56 Å². The Labute approximate surface area is 117 Å². The van der Waals surface area contributed by atoms with E-state index in [1.54, 1.807) is 0 Å². The maximum atomic E-state index is 13.1. The molecule has 0 radical (unpaired) electrons. The van der Waals surface area contributed by atoms with Gasteiger partial charge in [0.2, 0.25) is 0 Å². The molecule has 0 bridgehead atoms. The molecule has 0 aliphatic carbocycles. The highest BCUT2D eigenvalue weighted by Crippen LogP contribution is 2.30. The second-order valence-corrected chi connectivity index (χ2v) is 4.50. The Hall–Kier alpha value is -2.18. The average Bonchev–Trinajstić information content (AvgIpc) is 2.42. The number of rotatable bonds is 3. The zero-order chi connectivity index (χ0) is 15.6. The molecule has 0 saturated heterocycles. The summed E-state index contributed by atoms with van der Waals surface area (Å²) in [6, 6.07) is 5.11. The minimum absolute atomic E-state index is 0.0922. The van der Waals surface area contributed by atoms with Crippen molar-refractivity contribution in [1.82, 2.24) is 4.98 Å². The number of benzene rings is 1. The van der Waals surface area contributed by atoms with Gasteiger partial charge in [-0.25, -0.2) is 13.8 Å². The first-order chi connectivity index (χ1) is 9.77. The minimum Gasteiger partial charge on any atom is -0.355 e. The molecular formula is C14H11F5N2. The highest BCUT2D eigenvalue weighted by molar-refractivity contribution is 5.42. The summed E-state index contributed by atoms with van der Waals surface area (Å²) in [5, 5.41) is 0. The molecule has 1 aromatic heterocycles. The first kappa shape index (κ1) is 15.2. The topological polar surface area (TPSA) is 16.1 Å². The lowest BCUT2D eigenvalue weighted by Gasteiger charge is -2.19. The van der Waals surface area contributed by atoms with Crippen LogP contribution < -0.4 is 4.90 Å². The van der Waals surface area contributed by atoms with Crippen molar-refractivity contribution in [2.24, 2.45) is 0 Å². The molecule has 2 nitrogen and oxygen atoms in total. The lowest BCUT2D eigenvalue weighted by Crippen LogP contribution is -2.19. The fraction of sp³-hybridized carbons (Fsp3) is 0.214. The zero-order valence-electron chi connectivity index (χ0n) is 11.0. The van der Waals surface area contributed by atoms with Gasteiger partial charge in [-0.15, -0.1) is 0 Å². The summed E-state index contributed by atoms with van der Waals surface area (Å²) in [6.07, 6.45) is -3.40. The van der Waals surface area contributed by atoms with Crippen molar-refractivity contribution in [1.29, 1.82) is 0 Å². The highest BCUT2D eigenvalue weighted by Gasteiger charge is 2.31. The molecule has 0 spiro atoms. The molecule has 7 heteroatoms. The summed E-state index contributed by atoms with van der Waals surface area (Å²) in [6.45, 7) is 0.103. The third-order valence-electron chi connectivity index (χ3n) is 2.87. The summed E-state index contributed by atoms with van der Waals surface area (Å²) in [5.41, 5.74) is -0.389. The van der Waals surface area contributed by atoms with E-state index >= 15 is 0 Å². The Morgan fingerprint density at radius 3 is 2.38 bits per heavy atom. The number of anilines is 1. The molecule has 0 aliphatic rings. The SMILES string of the molecule is CN(Cc1ccc(F)c(F)c1)c1cc(C(F)(F)F)ccn1. The van der Waals surface area contributed by atoms with E-state index in [0.717, 1.165) is 30.5 Å². The van der Waals surface area contributed by atoms with Crippen LogP contribution in [-0.4, -0.2) is 12.0 Å². The molecular weight excluding hydrogens is 291 g/mol. The molecule has 0 N–H and O–H groups in total. The second kappa shape index (κ2) is 5.67. The largest absolute Gasteiger partial charge is 0.416 e. The quantitative estimate of drug-likeness (QED) is 0.796. The normalized spacial score (nSPS) is 11.5. The molecule has 1 heterocycles. The standard InChI is InChI=1S/C14H11F5N2/c1-21(8-9-2-3-11(15)12(16)6-9)13-7-10(4-5-20-13)14(17,18)19/h2-7H,8H2,1H3. The number of hydrogen-bond acceptors (Lipinski definition) is 2. The average molecular weight is 302 g/mol. The second-order valence-electron chi connectivity index (χ2n) is 4.50. The van der Waals surface area contributed by atoms with Crippen LogP contribution in [0.2, 0.25) is 0 Å². The highest BCUT2D eigenvalue weighted by atomic mass is 19.4. The van der Waals surface area contributed by atoms with Crippen molar-refractivity contribution < 1.29 is 22.0 Å². The number of alkyl halides is 3. The summed E-state index contributed by atoms with van der Waals surface area (Å²) < 4.78 is 63.8. The van der Waals surface area contributed by atoms with Crippen LogP contribution in [-0.2, 0) is 12.7 Å². The lowest BCUT2D eigenvalue weighted by molar-refractivity contribution is -0.137. The number of aromatic nitrogens is 1. The fourth-order valence-electron chi connectivity index (χ4n) is 1.80. The van der Waals surface area contributed by atoms with Crippen molar-refractivity contribution in [2.75, 3.05) is 11.9 Å². The van der Waals surface area contributed by atoms with E-state index in [1.807, 2.05) is 0 Å². The fourth-order valence-corrected chi connectivity index (χ4v) is 1.80. The molecule has 0 unspecified atom stereocenters. The van der Waals surface area contributed by atoms with E-state index in [2.05, 4.69) is 4.98 Å². The van der Waals surface area contributed by atoms with Crippen LogP contribution in [0.1, 0.15) is 11.1 Å². The van der Waals surface area contributed by atoms with Gasteiger partial charge in [-0.05, 0) is 29.8 Å². The first-order valence-electron chi connectivity index (χ1n) is 5.95. The Balaban J connectivity index is 2.20. The number of hydrogen-bond donors (Lipinski definition) is 0. The Morgan fingerprint density at radius 2 is 1.76 bits per heavy atom. The van der Waals surface area contributed by atoms with Crippen LogP contribution in [0, 0.1) is 11.6 Å². The molecule has 2 aromatic rings. The first-order valence-corrected chi connectivity index (χ1v) is 5.95. The van der Waals surface area contributed by atoms with Gasteiger partial charge in [0.25, 0.3) is 0 Å². The van der Waals surface area contributed by atoms with Crippen LogP contribution in [0.5, 0.6) is 0 Å². The van der Waals surface area contributed by atoms with Crippen LogP contribution >= 0.6 is 0 Å². The molecule has 0 aliphatic heterocycles. The van der Waals surface area contributed by atoms with Gasteiger partial charge in [-0.2, -0.15) is 13.2 Å². The third kappa shape index (κ3) is 3.68. The molecule has 0 saturated carbocycles. The molecule has 21 heavy (non-hydrogen) atoms. The minimum atomic E-state index is -4.46. The number of halogens is 5. The van der Waals surface area contributed by atoms with Gasteiger partial charge in [0, 0.05) is 19.8 Å². The predicted molar refractivity (Wildman–Crippen MR) is 67.7 cm³/mol. The van der Waals surface area contributed by atoms with E-state index in [1.165, 1.54) is 18.0 Å². The van der Waals surface area contributed by atoms with Crippen LogP contribution in [0.4, 0.5) is 27.8 Å². The summed E-state index contributed by atoms with van der Waals surface area (Å²) in [7, 11) is 1.52. The predicted octanol–water partition coefficient (Wildman–Crippen LogP) is 4.02. The molecule has 0 atom stereocenters. The maximum absolute atomic E-state index is 13.1. The maximum Gasteiger partial charge on any atom is 0.416 e. The number of pyridine rings is 1. The van der Waals surface area contributed by atoms with Crippen LogP contribution in [0.25, 0.3) is 0 Å². The van der Waals surface area contributed by atoms with E-state index < -0.39 is 23.4 Å². The van der Waals surface area contributed by atoms with Crippen molar-refractivity contribution in [3.63, 3.8) is 0 Å². The van der Waals surface area contributed by atoms with Gasteiger partial charge in [-0.3, -0.25) is 0 Å². The van der Waals surface area contributed by atoms with Gasteiger partial charge in [0.05, 0.1) is 5.56 Å². The van der Waals surface area contributed by atoms with Gasteiger partial charge < -0.3 is 4.90 Å². The Kier molecular flexibility index (Phi) is 4.11. The van der Waals surface area contributed by atoms with E-state index in [-0.39, 0.29) is 12.4 Å². The lowest BCUT2D eigenvalue weighted by atomic mass is 10.2. The monoisotopic (exact) mass is 302 g/mol. The Bertz CT molecular complexity index is 640. The van der Waals surface area contributed by atoms with E-state index in [4.69, 9.17) is 0 Å². The molecule has 1 aromatic carbocycles. The van der Waals surface area contributed by atoms with Gasteiger partial charge in [0.15, 0.2) is 11.6 Å². The summed E-state index contributed by atoms with van der Waals surface area (Å²) >= 11 is 0. The van der Waals surface area contributed by atoms with Crippen molar-refractivity contribution >= 4 is 5.82 Å². The molecule has 2 rings (SSSR count). The molecule has 0 amide bonds. The third-order valence-corrected chi connectivity index (χ3v) is 2.87.